The Morgan fingerprint density at radius 3 is 2.45 bits per heavy atom. The van der Waals surface area contributed by atoms with E-state index in [1.807, 2.05) is 36.5 Å². The van der Waals surface area contributed by atoms with Crippen molar-refractivity contribution in [1.29, 1.82) is 0 Å². The summed E-state index contributed by atoms with van der Waals surface area (Å²) in [5, 5.41) is 7.15. The van der Waals surface area contributed by atoms with E-state index in [0.29, 0.717) is 42.5 Å². The van der Waals surface area contributed by atoms with Gasteiger partial charge in [-0.15, -0.1) is 0 Å². The first-order valence-corrected chi connectivity index (χ1v) is 9.15. The third-order valence-electron chi connectivity index (χ3n) is 4.43. The highest BCUT2D eigenvalue weighted by Gasteiger charge is 2.14. The second-order valence-electron chi connectivity index (χ2n) is 6.25. The molecule has 0 aliphatic rings. The highest BCUT2D eigenvalue weighted by atomic mass is 16.5. The predicted molar refractivity (Wildman–Crippen MR) is 108 cm³/mol. The SMILES string of the molecule is COc1cc(CCC(=O)NCc2cccnc2-n2cccn2)cc(OC)c1OC. The maximum Gasteiger partial charge on any atom is 0.220 e. The number of benzene rings is 1. The number of hydrogen-bond donors (Lipinski definition) is 1. The number of nitrogens with one attached hydrogen (secondary N) is 1. The van der Waals surface area contributed by atoms with Crippen LogP contribution >= 0.6 is 0 Å². The summed E-state index contributed by atoms with van der Waals surface area (Å²) in [4.78, 5) is 16.7. The third-order valence-corrected chi connectivity index (χ3v) is 4.43. The van der Waals surface area contributed by atoms with E-state index in [1.165, 1.54) is 0 Å². The molecule has 3 rings (SSSR count). The summed E-state index contributed by atoms with van der Waals surface area (Å²) in [5.41, 5.74) is 1.81. The molecule has 1 aromatic carbocycles. The van der Waals surface area contributed by atoms with Gasteiger partial charge in [-0.1, -0.05) is 6.07 Å². The van der Waals surface area contributed by atoms with Crippen LogP contribution < -0.4 is 19.5 Å². The number of carbonyl (C=O) groups is 1. The summed E-state index contributed by atoms with van der Waals surface area (Å²) < 4.78 is 17.7. The van der Waals surface area contributed by atoms with Gasteiger partial charge in [0.05, 0.1) is 21.3 Å². The maximum absolute atomic E-state index is 12.4. The van der Waals surface area contributed by atoms with Gasteiger partial charge in [0.2, 0.25) is 11.7 Å². The first kappa shape index (κ1) is 20.2. The van der Waals surface area contributed by atoms with Gasteiger partial charge >= 0.3 is 0 Å². The molecule has 8 nitrogen and oxygen atoms in total. The second kappa shape index (κ2) is 9.59. The Morgan fingerprint density at radius 1 is 1.07 bits per heavy atom. The second-order valence-corrected chi connectivity index (χ2v) is 6.25. The van der Waals surface area contributed by atoms with Gasteiger partial charge < -0.3 is 19.5 Å². The molecule has 0 fully saturated rings. The van der Waals surface area contributed by atoms with Crippen molar-refractivity contribution in [2.45, 2.75) is 19.4 Å². The Hall–Kier alpha value is -3.55. The standard InChI is InChI=1S/C21H24N4O4/c1-27-17-12-15(13-18(28-2)20(17)29-3)7-8-19(26)23-14-16-6-4-9-22-21(16)25-11-5-10-24-25/h4-6,9-13H,7-8,14H2,1-3H3,(H,23,26). The zero-order chi connectivity index (χ0) is 20.6. The number of methoxy groups -OCH3 is 3. The van der Waals surface area contributed by atoms with Crippen molar-refractivity contribution in [3.8, 4) is 23.1 Å². The molecule has 3 aromatic rings. The molecule has 0 spiro atoms. The molecule has 0 saturated carbocycles. The molecular weight excluding hydrogens is 372 g/mol. The third kappa shape index (κ3) is 4.84. The van der Waals surface area contributed by atoms with E-state index in [9.17, 15) is 4.79 Å². The summed E-state index contributed by atoms with van der Waals surface area (Å²) in [5.74, 6) is 2.31. The van der Waals surface area contributed by atoms with Crippen molar-refractivity contribution in [3.63, 3.8) is 0 Å². The van der Waals surface area contributed by atoms with Crippen LogP contribution in [0.25, 0.3) is 5.82 Å². The van der Waals surface area contributed by atoms with Crippen molar-refractivity contribution in [3.05, 3.63) is 60.0 Å². The van der Waals surface area contributed by atoms with Crippen molar-refractivity contribution in [2.75, 3.05) is 21.3 Å². The Morgan fingerprint density at radius 2 is 1.83 bits per heavy atom. The highest BCUT2D eigenvalue weighted by molar-refractivity contribution is 5.76. The fourth-order valence-corrected chi connectivity index (χ4v) is 2.99. The van der Waals surface area contributed by atoms with Crippen molar-refractivity contribution in [2.24, 2.45) is 0 Å². The minimum atomic E-state index is -0.0611. The number of amides is 1. The van der Waals surface area contributed by atoms with Gasteiger partial charge in [0.15, 0.2) is 17.3 Å². The molecule has 0 atom stereocenters. The molecule has 1 amide bonds. The summed E-state index contributed by atoms with van der Waals surface area (Å²) in [6.07, 6.45) is 6.08. The molecule has 0 aliphatic heterocycles. The molecule has 0 radical (unpaired) electrons. The number of hydrogen-bond acceptors (Lipinski definition) is 6. The van der Waals surface area contributed by atoms with E-state index in [-0.39, 0.29) is 5.91 Å². The highest BCUT2D eigenvalue weighted by Crippen LogP contribution is 2.38. The molecule has 1 N–H and O–H groups in total. The van der Waals surface area contributed by atoms with E-state index in [1.54, 1.807) is 38.4 Å². The van der Waals surface area contributed by atoms with Crippen LogP contribution in [0.3, 0.4) is 0 Å². The summed E-state index contributed by atoms with van der Waals surface area (Å²) in [6, 6.07) is 9.29. The van der Waals surface area contributed by atoms with Crippen LogP contribution in [0.15, 0.2) is 48.9 Å². The summed E-state index contributed by atoms with van der Waals surface area (Å²) in [6.45, 7) is 0.372. The van der Waals surface area contributed by atoms with Gasteiger partial charge in [-0.05, 0) is 36.2 Å². The van der Waals surface area contributed by atoms with Gasteiger partial charge in [0.1, 0.15) is 0 Å². The number of rotatable bonds is 9. The number of aryl methyl sites for hydroxylation is 1. The predicted octanol–water partition coefficient (Wildman–Crippen LogP) is 2.54. The molecule has 2 aromatic heterocycles. The first-order valence-electron chi connectivity index (χ1n) is 9.15. The van der Waals surface area contributed by atoms with Crippen molar-refractivity contribution in [1.82, 2.24) is 20.1 Å². The largest absolute Gasteiger partial charge is 0.493 e. The zero-order valence-electron chi connectivity index (χ0n) is 16.7. The molecule has 2 heterocycles. The number of carbonyl (C=O) groups excluding carboxylic acids is 1. The Kier molecular flexibility index (Phi) is 6.67. The minimum Gasteiger partial charge on any atom is -0.493 e. The molecule has 8 heteroatoms. The molecule has 0 aliphatic carbocycles. The number of pyridine rings is 1. The Labute approximate surface area is 169 Å². The van der Waals surface area contributed by atoms with E-state index in [4.69, 9.17) is 14.2 Å². The lowest BCUT2D eigenvalue weighted by Gasteiger charge is -2.14. The van der Waals surface area contributed by atoms with Gasteiger partial charge in [-0.3, -0.25) is 4.79 Å². The van der Waals surface area contributed by atoms with E-state index >= 15 is 0 Å². The number of nitrogens with zero attached hydrogens (tertiary/aromatic N) is 3. The molecule has 152 valence electrons. The van der Waals surface area contributed by atoms with Crippen LogP contribution in [-0.2, 0) is 17.8 Å². The summed E-state index contributed by atoms with van der Waals surface area (Å²) >= 11 is 0. The van der Waals surface area contributed by atoms with Gasteiger partial charge in [0, 0.05) is 37.1 Å². The van der Waals surface area contributed by atoms with Crippen LogP contribution in [0.5, 0.6) is 17.2 Å². The quantitative estimate of drug-likeness (QED) is 0.598. The smallest absolute Gasteiger partial charge is 0.220 e. The summed E-state index contributed by atoms with van der Waals surface area (Å²) in [7, 11) is 4.70. The van der Waals surface area contributed by atoms with Crippen LogP contribution in [0.4, 0.5) is 0 Å². The molecule has 0 unspecified atom stereocenters. The van der Waals surface area contributed by atoms with Crippen LogP contribution in [0.2, 0.25) is 0 Å². The average molecular weight is 396 g/mol. The lowest BCUT2D eigenvalue weighted by atomic mass is 10.1. The van der Waals surface area contributed by atoms with Crippen LogP contribution in [0.1, 0.15) is 17.5 Å². The van der Waals surface area contributed by atoms with Crippen molar-refractivity contribution >= 4 is 5.91 Å². The average Bonchev–Trinajstić information content (AvgIpc) is 3.30. The molecular formula is C21H24N4O4. The molecule has 0 bridgehead atoms. The maximum atomic E-state index is 12.4. The molecule has 0 saturated heterocycles. The Bertz CT molecular complexity index is 932. The first-order chi connectivity index (χ1) is 14.2. The normalized spacial score (nSPS) is 10.4. The number of ether oxygens (including phenoxy) is 3. The minimum absolute atomic E-state index is 0.0611. The van der Waals surface area contributed by atoms with Crippen LogP contribution in [0, 0.1) is 0 Å². The monoisotopic (exact) mass is 396 g/mol. The van der Waals surface area contributed by atoms with Crippen molar-refractivity contribution < 1.29 is 19.0 Å². The van der Waals surface area contributed by atoms with E-state index < -0.39 is 0 Å². The van der Waals surface area contributed by atoms with Gasteiger partial charge in [0.25, 0.3) is 0 Å². The topological polar surface area (TPSA) is 87.5 Å². The van der Waals surface area contributed by atoms with E-state index in [0.717, 1.165) is 11.1 Å². The van der Waals surface area contributed by atoms with Gasteiger partial charge in [-0.25, -0.2) is 9.67 Å². The number of aromatic nitrogens is 3. The lowest BCUT2D eigenvalue weighted by molar-refractivity contribution is -0.121. The fourth-order valence-electron chi connectivity index (χ4n) is 2.99. The van der Waals surface area contributed by atoms with Gasteiger partial charge in [-0.2, -0.15) is 5.10 Å². The van der Waals surface area contributed by atoms with Crippen LogP contribution in [-0.4, -0.2) is 42.0 Å². The zero-order valence-corrected chi connectivity index (χ0v) is 16.7. The fraction of sp³-hybridized carbons (Fsp3) is 0.286. The molecule has 29 heavy (non-hydrogen) atoms. The Balaban J connectivity index is 1.62. The lowest BCUT2D eigenvalue weighted by Crippen LogP contribution is -2.24. The van der Waals surface area contributed by atoms with E-state index in [2.05, 4.69) is 15.4 Å².